The summed E-state index contributed by atoms with van der Waals surface area (Å²) in [7, 11) is 0. The van der Waals surface area contributed by atoms with Gasteiger partial charge in [0.25, 0.3) is 5.91 Å². The first-order chi connectivity index (χ1) is 15.2. The van der Waals surface area contributed by atoms with Crippen molar-refractivity contribution in [3.05, 3.63) is 96.1 Å². The maximum Gasteiger partial charge on any atom is 0.339 e. The quantitative estimate of drug-likeness (QED) is 0.368. The molecule has 7 nitrogen and oxygen atoms in total. The van der Waals surface area contributed by atoms with Crippen molar-refractivity contribution in [2.45, 2.75) is 6.42 Å². The number of carbonyl (C=O) groups excluding carboxylic acids is 2. The van der Waals surface area contributed by atoms with Crippen molar-refractivity contribution in [2.24, 2.45) is 5.10 Å². The molecule has 0 aliphatic heterocycles. The highest BCUT2D eigenvalue weighted by Crippen LogP contribution is 2.11. The van der Waals surface area contributed by atoms with Crippen molar-refractivity contribution < 1.29 is 14.3 Å². The number of para-hydroxylation sites is 1. The fourth-order valence-corrected chi connectivity index (χ4v) is 2.69. The first kappa shape index (κ1) is 21.6. The predicted molar refractivity (Wildman–Crippen MR) is 121 cm³/mol. The van der Waals surface area contributed by atoms with Gasteiger partial charge in [-0.2, -0.15) is 5.10 Å². The summed E-state index contributed by atoms with van der Waals surface area (Å²) in [4.78, 5) is 23.7. The number of hydrazone groups is 1. The molecule has 0 saturated carbocycles. The Hall–Kier alpha value is -4.13. The van der Waals surface area contributed by atoms with Gasteiger partial charge in [0.05, 0.1) is 6.21 Å². The van der Waals surface area contributed by atoms with E-state index in [1.807, 2.05) is 48.5 Å². The minimum Gasteiger partial charge on any atom is -0.484 e. The summed E-state index contributed by atoms with van der Waals surface area (Å²) in [5.41, 5.74) is 5.03. The molecule has 3 N–H and O–H groups in total. The number of urea groups is 1. The molecule has 0 aliphatic rings. The Balaban J connectivity index is 1.35. The van der Waals surface area contributed by atoms with Gasteiger partial charge in [0.2, 0.25) is 0 Å². The summed E-state index contributed by atoms with van der Waals surface area (Å²) in [5, 5.41) is 9.41. The van der Waals surface area contributed by atoms with Gasteiger partial charge in [-0.25, -0.2) is 10.2 Å². The van der Waals surface area contributed by atoms with Crippen LogP contribution in [0.1, 0.15) is 11.1 Å². The zero-order chi connectivity index (χ0) is 21.7. The van der Waals surface area contributed by atoms with E-state index in [2.05, 4.69) is 21.2 Å². The molecule has 0 unspecified atom stereocenters. The van der Waals surface area contributed by atoms with E-state index in [-0.39, 0.29) is 12.5 Å². The highest BCUT2D eigenvalue weighted by Gasteiger charge is 2.03. The molecule has 7 heteroatoms. The lowest BCUT2D eigenvalue weighted by atomic mass is 10.1. The van der Waals surface area contributed by atoms with Crippen LogP contribution in [0.3, 0.4) is 0 Å². The molecule has 3 aromatic carbocycles. The summed E-state index contributed by atoms with van der Waals surface area (Å²) in [6.45, 7) is 0.510. The molecule has 0 aliphatic carbocycles. The summed E-state index contributed by atoms with van der Waals surface area (Å²) in [6.07, 6.45) is 2.29. The van der Waals surface area contributed by atoms with Crippen LogP contribution in [0.5, 0.6) is 5.75 Å². The molecule has 0 saturated heterocycles. The normalized spacial score (nSPS) is 10.5. The number of nitrogens with one attached hydrogen (secondary N) is 3. The number of ether oxygens (including phenoxy) is 1. The van der Waals surface area contributed by atoms with Crippen LogP contribution >= 0.6 is 0 Å². The SMILES string of the molecule is O=C(COc1ccc(/C=N\NC(=O)Nc2ccccc2)cc1)NCCc1ccccc1. The van der Waals surface area contributed by atoms with E-state index in [4.69, 9.17) is 4.74 Å². The van der Waals surface area contributed by atoms with Gasteiger partial charge in [0, 0.05) is 12.2 Å². The Labute approximate surface area is 181 Å². The van der Waals surface area contributed by atoms with Gasteiger partial charge >= 0.3 is 6.03 Å². The summed E-state index contributed by atoms with van der Waals surface area (Å²) >= 11 is 0. The Morgan fingerprint density at radius 1 is 0.871 bits per heavy atom. The maximum absolute atomic E-state index is 11.9. The van der Waals surface area contributed by atoms with Crippen LogP contribution in [0.4, 0.5) is 10.5 Å². The number of hydrogen-bond acceptors (Lipinski definition) is 4. The molecule has 3 amide bonds. The van der Waals surface area contributed by atoms with Gasteiger partial charge in [-0.05, 0) is 53.9 Å². The number of carbonyl (C=O) groups is 2. The van der Waals surface area contributed by atoms with Crippen LogP contribution in [0, 0.1) is 0 Å². The van der Waals surface area contributed by atoms with E-state index < -0.39 is 6.03 Å². The van der Waals surface area contributed by atoms with Crippen LogP contribution in [-0.2, 0) is 11.2 Å². The molecule has 0 heterocycles. The van der Waals surface area contributed by atoms with E-state index in [0.29, 0.717) is 18.0 Å². The molecular formula is C24H24N4O3. The summed E-state index contributed by atoms with van der Waals surface area (Å²) in [6, 6.07) is 25.7. The number of nitrogens with zero attached hydrogens (tertiary/aromatic N) is 1. The van der Waals surface area contributed by atoms with Crippen molar-refractivity contribution in [3.8, 4) is 5.75 Å². The highest BCUT2D eigenvalue weighted by molar-refractivity contribution is 5.90. The first-order valence-corrected chi connectivity index (χ1v) is 9.87. The fourth-order valence-electron chi connectivity index (χ4n) is 2.69. The fraction of sp³-hybridized carbons (Fsp3) is 0.125. The number of benzene rings is 3. The second kappa shape index (κ2) is 11.8. The topological polar surface area (TPSA) is 91.8 Å². The minimum atomic E-state index is -0.430. The van der Waals surface area contributed by atoms with E-state index >= 15 is 0 Å². The molecule has 0 spiro atoms. The van der Waals surface area contributed by atoms with Crippen molar-refractivity contribution in [1.82, 2.24) is 10.7 Å². The maximum atomic E-state index is 11.9. The van der Waals surface area contributed by atoms with E-state index in [0.717, 1.165) is 12.0 Å². The lowest BCUT2D eigenvalue weighted by molar-refractivity contribution is -0.123. The molecule has 158 valence electrons. The zero-order valence-corrected chi connectivity index (χ0v) is 17.0. The monoisotopic (exact) mass is 416 g/mol. The van der Waals surface area contributed by atoms with E-state index in [9.17, 15) is 9.59 Å². The molecule has 0 aromatic heterocycles. The van der Waals surface area contributed by atoms with Gasteiger partial charge in [-0.1, -0.05) is 48.5 Å². The molecule has 31 heavy (non-hydrogen) atoms. The summed E-state index contributed by atoms with van der Waals surface area (Å²) < 4.78 is 5.50. The first-order valence-electron chi connectivity index (χ1n) is 9.87. The molecule has 3 aromatic rings. The second-order valence-electron chi connectivity index (χ2n) is 6.63. The van der Waals surface area contributed by atoms with Crippen LogP contribution in [-0.4, -0.2) is 31.3 Å². The number of rotatable bonds is 9. The van der Waals surface area contributed by atoms with Crippen molar-refractivity contribution in [3.63, 3.8) is 0 Å². The average molecular weight is 416 g/mol. The number of amides is 3. The second-order valence-corrected chi connectivity index (χ2v) is 6.63. The third-order valence-corrected chi connectivity index (χ3v) is 4.24. The molecule has 0 fully saturated rings. The largest absolute Gasteiger partial charge is 0.484 e. The molecule has 3 rings (SSSR count). The lowest BCUT2D eigenvalue weighted by Crippen LogP contribution is -2.30. The Bertz CT molecular complexity index is 990. The standard InChI is InChI=1S/C24H24N4O3/c29-23(25-16-15-19-7-3-1-4-8-19)18-31-22-13-11-20(12-14-22)17-26-28-24(30)27-21-9-5-2-6-10-21/h1-14,17H,15-16,18H2,(H,25,29)(H2,27,28,30)/b26-17-. The lowest BCUT2D eigenvalue weighted by Gasteiger charge is -2.08. The Morgan fingerprint density at radius 3 is 2.26 bits per heavy atom. The van der Waals surface area contributed by atoms with Gasteiger partial charge in [-0.3, -0.25) is 4.79 Å². The number of hydrogen-bond donors (Lipinski definition) is 3. The highest BCUT2D eigenvalue weighted by atomic mass is 16.5. The van der Waals surface area contributed by atoms with Gasteiger partial charge in [0.15, 0.2) is 6.61 Å². The van der Waals surface area contributed by atoms with Gasteiger partial charge < -0.3 is 15.4 Å². The molecular weight excluding hydrogens is 392 g/mol. The Morgan fingerprint density at radius 2 is 1.55 bits per heavy atom. The van der Waals surface area contributed by atoms with Crippen LogP contribution in [0.15, 0.2) is 90.0 Å². The molecule has 0 radical (unpaired) electrons. The van der Waals surface area contributed by atoms with Crippen molar-refractivity contribution in [2.75, 3.05) is 18.5 Å². The van der Waals surface area contributed by atoms with Crippen LogP contribution in [0.25, 0.3) is 0 Å². The van der Waals surface area contributed by atoms with E-state index in [1.165, 1.54) is 11.8 Å². The average Bonchev–Trinajstić information content (AvgIpc) is 2.80. The number of anilines is 1. The minimum absolute atomic E-state index is 0.0521. The van der Waals surface area contributed by atoms with Crippen molar-refractivity contribution in [1.29, 1.82) is 0 Å². The van der Waals surface area contributed by atoms with Crippen molar-refractivity contribution >= 4 is 23.8 Å². The predicted octanol–water partition coefficient (Wildman–Crippen LogP) is 3.58. The van der Waals surface area contributed by atoms with Gasteiger partial charge in [-0.15, -0.1) is 0 Å². The smallest absolute Gasteiger partial charge is 0.339 e. The third-order valence-electron chi connectivity index (χ3n) is 4.24. The van der Waals surface area contributed by atoms with Crippen LogP contribution < -0.4 is 20.8 Å². The Kier molecular flexibility index (Phi) is 8.19. The zero-order valence-electron chi connectivity index (χ0n) is 17.0. The van der Waals surface area contributed by atoms with Crippen LogP contribution in [0.2, 0.25) is 0 Å². The molecule has 0 bridgehead atoms. The summed E-state index contributed by atoms with van der Waals surface area (Å²) in [5.74, 6) is 0.403. The van der Waals surface area contributed by atoms with E-state index in [1.54, 1.807) is 36.4 Å². The molecule has 0 atom stereocenters. The third kappa shape index (κ3) is 8.02. The van der Waals surface area contributed by atoms with Gasteiger partial charge in [0.1, 0.15) is 5.75 Å².